The summed E-state index contributed by atoms with van der Waals surface area (Å²) in [5, 5.41) is 0. The van der Waals surface area contributed by atoms with Crippen molar-refractivity contribution < 1.29 is 8.42 Å². The summed E-state index contributed by atoms with van der Waals surface area (Å²) in [6, 6.07) is 2.85. The number of nitrogens with two attached hydrogens (primary N) is 1. The number of hydrogen-bond acceptors (Lipinski definition) is 4. The molecule has 1 heterocycles. The van der Waals surface area contributed by atoms with Crippen molar-refractivity contribution in [1.29, 1.82) is 0 Å². The van der Waals surface area contributed by atoms with Crippen LogP contribution >= 0.6 is 0 Å². The van der Waals surface area contributed by atoms with Crippen LogP contribution < -0.4 is 10.5 Å². The largest absolute Gasteiger partial charge is 0.383 e. The first-order chi connectivity index (χ1) is 6.58. The average molecular weight is 211 g/mol. The summed E-state index contributed by atoms with van der Waals surface area (Å²) in [7, 11) is -3.63. The fourth-order valence-electron chi connectivity index (χ4n) is 0.844. The normalized spacial score (nSPS) is 10.8. The Morgan fingerprint density at radius 3 is 2.93 bits per heavy atom. The van der Waals surface area contributed by atoms with Crippen molar-refractivity contribution in [2.45, 2.75) is 4.90 Å². The van der Waals surface area contributed by atoms with Gasteiger partial charge in [0.25, 0.3) is 0 Å². The fourth-order valence-corrected chi connectivity index (χ4v) is 1.86. The van der Waals surface area contributed by atoms with Gasteiger partial charge in [-0.3, -0.25) is 0 Å². The summed E-state index contributed by atoms with van der Waals surface area (Å²) in [5.74, 6) is 2.12. The molecule has 5 nitrogen and oxygen atoms in total. The van der Waals surface area contributed by atoms with E-state index in [4.69, 9.17) is 12.2 Å². The molecule has 0 aliphatic rings. The van der Waals surface area contributed by atoms with Crippen LogP contribution in [-0.4, -0.2) is 19.9 Å². The van der Waals surface area contributed by atoms with Crippen molar-refractivity contribution in [3.63, 3.8) is 0 Å². The molecule has 0 amide bonds. The summed E-state index contributed by atoms with van der Waals surface area (Å²) in [6.45, 7) is -0.0728. The molecule has 0 aliphatic heterocycles. The summed E-state index contributed by atoms with van der Waals surface area (Å²) >= 11 is 0. The maximum Gasteiger partial charge on any atom is 0.245 e. The Balaban J connectivity index is 3.06. The van der Waals surface area contributed by atoms with Gasteiger partial charge in [0.1, 0.15) is 10.7 Å². The maximum atomic E-state index is 11.5. The number of sulfonamides is 1. The Labute approximate surface area is 82.4 Å². The number of aromatic nitrogens is 1. The van der Waals surface area contributed by atoms with Gasteiger partial charge in [0.2, 0.25) is 10.0 Å². The standard InChI is InChI=1S/C8H9N3O2S/c1-2-5-11-14(12,13)7-4-3-6-10-8(7)9/h1,3-4,6,11H,5H2,(H2,9,10). The Morgan fingerprint density at radius 1 is 1.64 bits per heavy atom. The van der Waals surface area contributed by atoms with Crippen molar-refractivity contribution in [2.75, 3.05) is 12.3 Å². The van der Waals surface area contributed by atoms with Crippen molar-refractivity contribution >= 4 is 15.8 Å². The van der Waals surface area contributed by atoms with E-state index >= 15 is 0 Å². The molecule has 0 fully saturated rings. The molecule has 0 bridgehead atoms. The Kier molecular flexibility index (Phi) is 3.06. The minimum absolute atomic E-state index is 0.0444. The number of nitrogens with one attached hydrogen (secondary N) is 1. The highest BCUT2D eigenvalue weighted by atomic mass is 32.2. The van der Waals surface area contributed by atoms with E-state index in [1.165, 1.54) is 18.3 Å². The van der Waals surface area contributed by atoms with E-state index in [0.29, 0.717) is 0 Å². The van der Waals surface area contributed by atoms with Crippen molar-refractivity contribution in [1.82, 2.24) is 9.71 Å². The third kappa shape index (κ3) is 2.22. The van der Waals surface area contributed by atoms with Crippen LogP contribution in [0.5, 0.6) is 0 Å². The number of hydrogen-bond donors (Lipinski definition) is 2. The zero-order valence-corrected chi connectivity index (χ0v) is 8.08. The van der Waals surface area contributed by atoms with Crippen molar-refractivity contribution in [2.24, 2.45) is 0 Å². The Hall–Kier alpha value is -1.58. The van der Waals surface area contributed by atoms with Crippen LogP contribution in [0.3, 0.4) is 0 Å². The van der Waals surface area contributed by atoms with E-state index in [9.17, 15) is 8.42 Å². The van der Waals surface area contributed by atoms with Gasteiger partial charge in [0.05, 0.1) is 6.54 Å². The predicted octanol–water partition coefficient (Wildman–Crippen LogP) is -0.425. The predicted molar refractivity (Wildman–Crippen MR) is 52.7 cm³/mol. The van der Waals surface area contributed by atoms with Gasteiger partial charge >= 0.3 is 0 Å². The summed E-state index contributed by atoms with van der Waals surface area (Å²) in [4.78, 5) is 3.60. The van der Waals surface area contributed by atoms with E-state index in [2.05, 4.69) is 15.6 Å². The van der Waals surface area contributed by atoms with E-state index in [1.807, 2.05) is 0 Å². The molecule has 14 heavy (non-hydrogen) atoms. The third-order valence-corrected chi connectivity index (χ3v) is 2.90. The van der Waals surface area contributed by atoms with Crippen LogP contribution in [0.4, 0.5) is 5.82 Å². The smallest absolute Gasteiger partial charge is 0.245 e. The van der Waals surface area contributed by atoms with Gasteiger partial charge in [-0.2, -0.15) is 4.72 Å². The summed E-state index contributed by atoms with van der Waals surface area (Å²) < 4.78 is 25.2. The highest BCUT2D eigenvalue weighted by molar-refractivity contribution is 7.89. The minimum Gasteiger partial charge on any atom is -0.383 e. The van der Waals surface area contributed by atoms with Gasteiger partial charge in [-0.05, 0) is 12.1 Å². The molecule has 74 valence electrons. The molecule has 0 aromatic carbocycles. The molecular weight excluding hydrogens is 202 g/mol. The maximum absolute atomic E-state index is 11.5. The number of nitrogen functional groups attached to an aromatic ring is 1. The first-order valence-corrected chi connectivity index (χ1v) is 5.20. The lowest BCUT2D eigenvalue weighted by Gasteiger charge is -2.05. The molecule has 3 N–H and O–H groups in total. The lowest BCUT2D eigenvalue weighted by molar-refractivity contribution is 0.586. The topological polar surface area (TPSA) is 85.1 Å². The number of rotatable bonds is 3. The molecular formula is C8H9N3O2S. The number of nitrogens with zero attached hydrogens (tertiary/aromatic N) is 1. The minimum atomic E-state index is -3.63. The molecule has 1 rings (SSSR count). The van der Waals surface area contributed by atoms with E-state index in [0.717, 1.165) is 0 Å². The molecule has 0 saturated carbocycles. The SMILES string of the molecule is C#CCNS(=O)(=O)c1cccnc1N. The number of anilines is 1. The fraction of sp³-hybridized carbons (Fsp3) is 0.125. The Morgan fingerprint density at radius 2 is 2.36 bits per heavy atom. The molecule has 0 aliphatic carbocycles. The van der Waals surface area contributed by atoms with Gasteiger partial charge in [0, 0.05) is 6.20 Å². The average Bonchev–Trinajstić information content (AvgIpc) is 2.15. The molecule has 1 aromatic rings. The molecule has 0 saturated heterocycles. The molecule has 0 unspecified atom stereocenters. The lowest BCUT2D eigenvalue weighted by Crippen LogP contribution is -2.25. The van der Waals surface area contributed by atoms with Crippen molar-refractivity contribution in [3.8, 4) is 12.3 Å². The highest BCUT2D eigenvalue weighted by Crippen LogP contribution is 2.13. The zero-order valence-electron chi connectivity index (χ0n) is 7.27. The molecule has 6 heteroatoms. The highest BCUT2D eigenvalue weighted by Gasteiger charge is 2.16. The molecule has 1 aromatic heterocycles. The van der Waals surface area contributed by atoms with Crippen LogP contribution in [0.25, 0.3) is 0 Å². The van der Waals surface area contributed by atoms with Crippen LogP contribution in [0.15, 0.2) is 23.2 Å². The van der Waals surface area contributed by atoms with Crippen LogP contribution in [0, 0.1) is 12.3 Å². The zero-order chi connectivity index (χ0) is 10.6. The quantitative estimate of drug-likeness (QED) is 0.665. The molecule has 0 radical (unpaired) electrons. The molecule has 0 spiro atoms. The monoisotopic (exact) mass is 211 g/mol. The van der Waals surface area contributed by atoms with Crippen LogP contribution in [0.1, 0.15) is 0 Å². The summed E-state index contributed by atoms with van der Waals surface area (Å²) in [5.41, 5.74) is 5.40. The number of pyridine rings is 1. The second-order valence-electron chi connectivity index (χ2n) is 2.42. The van der Waals surface area contributed by atoms with Crippen LogP contribution in [0.2, 0.25) is 0 Å². The van der Waals surface area contributed by atoms with E-state index in [1.54, 1.807) is 0 Å². The second-order valence-corrected chi connectivity index (χ2v) is 4.15. The van der Waals surface area contributed by atoms with Crippen LogP contribution in [-0.2, 0) is 10.0 Å². The number of terminal acetylenes is 1. The van der Waals surface area contributed by atoms with Gasteiger partial charge < -0.3 is 5.73 Å². The second kappa shape index (κ2) is 4.09. The van der Waals surface area contributed by atoms with Crippen molar-refractivity contribution in [3.05, 3.63) is 18.3 Å². The summed E-state index contributed by atoms with van der Waals surface area (Å²) in [6.07, 6.45) is 6.34. The van der Waals surface area contributed by atoms with E-state index in [-0.39, 0.29) is 17.3 Å². The lowest BCUT2D eigenvalue weighted by atomic mass is 10.5. The van der Waals surface area contributed by atoms with Gasteiger partial charge in [-0.25, -0.2) is 13.4 Å². The third-order valence-electron chi connectivity index (χ3n) is 1.45. The van der Waals surface area contributed by atoms with E-state index < -0.39 is 10.0 Å². The first-order valence-electron chi connectivity index (χ1n) is 3.71. The Bertz CT molecular complexity index is 462. The van der Waals surface area contributed by atoms with Gasteiger partial charge in [-0.1, -0.05) is 5.92 Å². The molecule has 0 atom stereocenters. The van der Waals surface area contributed by atoms with Gasteiger partial charge in [-0.15, -0.1) is 6.42 Å². The van der Waals surface area contributed by atoms with Gasteiger partial charge in [0.15, 0.2) is 0 Å². The first kappa shape index (κ1) is 10.5.